The molecule has 5 fully saturated rings. The van der Waals surface area contributed by atoms with Gasteiger partial charge in [0.25, 0.3) is 0 Å². The lowest BCUT2D eigenvalue weighted by atomic mass is 9.49. The van der Waals surface area contributed by atoms with E-state index in [0.29, 0.717) is 5.41 Å². The van der Waals surface area contributed by atoms with Crippen LogP contribution in [-0.4, -0.2) is 35.3 Å². The number of aromatic nitrogens is 1. The number of hydrogen-bond acceptors (Lipinski definition) is 4. The van der Waals surface area contributed by atoms with E-state index < -0.39 is 0 Å². The van der Waals surface area contributed by atoms with Crippen molar-refractivity contribution in [2.45, 2.75) is 68.2 Å². The summed E-state index contributed by atoms with van der Waals surface area (Å²) in [5.41, 5.74) is 2.40. The average Bonchev–Trinajstić information content (AvgIpc) is 2.68. The van der Waals surface area contributed by atoms with E-state index in [4.69, 9.17) is 4.98 Å². The van der Waals surface area contributed by atoms with Crippen LogP contribution in [-0.2, 0) is 5.41 Å². The molecule has 1 saturated heterocycles. The average molecular weight is 382 g/mol. The van der Waals surface area contributed by atoms with Crippen LogP contribution in [0.15, 0.2) is 17.2 Å². The fourth-order valence-corrected chi connectivity index (χ4v) is 7.78. The zero-order chi connectivity index (χ0) is 18.3. The molecule has 1 aliphatic heterocycles. The zero-order valence-electron chi connectivity index (χ0n) is 16.3. The molecular formula is C23H31N3S. The Morgan fingerprint density at radius 3 is 2.33 bits per heavy atom. The number of likely N-dealkylation sites (tertiary alicyclic amines) is 1. The Kier molecular flexibility index (Phi) is 4.94. The van der Waals surface area contributed by atoms with Crippen molar-refractivity contribution in [3.8, 4) is 6.07 Å². The van der Waals surface area contributed by atoms with Gasteiger partial charge < -0.3 is 4.90 Å². The van der Waals surface area contributed by atoms with Gasteiger partial charge in [-0.1, -0.05) is 6.42 Å². The van der Waals surface area contributed by atoms with E-state index >= 15 is 0 Å². The predicted octanol–water partition coefficient (Wildman–Crippen LogP) is 5.00. The molecule has 4 heteroatoms. The minimum absolute atomic E-state index is 0.324. The third-order valence-corrected chi connectivity index (χ3v) is 8.63. The van der Waals surface area contributed by atoms with E-state index in [0.717, 1.165) is 40.6 Å². The first-order valence-electron chi connectivity index (χ1n) is 11.0. The number of pyridine rings is 1. The van der Waals surface area contributed by atoms with Crippen molar-refractivity contribution in [3.63, 3.8) is 0 Å². The van der Waals surface area contributed by atoms with Crippen LogP contribution < -0.4 is 0 Å². The highest BCUT2D eigenvalue weighted by Crippen LogP contribution is 2.60. The van der Waals surface area contributed by atoms with Gasteiger partial charge in [-0.05, 0) is 94.3 Å². The van der Waals surface area contributed by atoms with Crippen LogP contribution in [0.3, 0.4) is 0 Å². The van der Waals surface area contributed by atoms with Gasteiger partial charge in [0.1, 0.15) is 11.1 Å². The minimum atomic E-state index is 0.324. The van der Waals surface area contributed by atoms with Gasteiger partial charge in [-0.3, -0.25) is 0 Å². The molecule has 0 atom stereocenters. The van der Waals surface area contributed by atoms with Gasteiger partial charge in [0, 0.05) is 23.4 Å². The van der Waals surface area contributed by atoms with Crippen LogP contribution >= 0.6 is 11.8 Å². The van der Waals surface area contributed by atoms with Gasteiger partial charge in [-0.2, -0.15) is 5.26 Å². The number of thioether (sulfide) groups is 1. The minimum Gasteiger partial charge on any atom is -0.303 e. The maximum atomic E-state index is 9.58. The van der Waals surface area contributed by atoms with E-state index in [1.807, 2.05) is 11.8 Å². The van der Waals surface area contributed by atoms with Gasteiger partial charge in [-0.15, -0.1) is 11.8 Å². The summed E-state index contributed by atoms with van der Waals surface area (Å²) >= 11 is 1.81. The van der Waals surface area contributed by atoms with Crippen molar-refractivity contribution in [2.75, 3.05) is 25.4 Å². The van der Waals surface area contributed by atoms with Crippen LogP contribution in [0.25, 0.3) is 0 Å². The fourth-order valence-electron chi connectivity index (χ4n) is 6.81. The van der Waals surface area contributed by atoms with Gasteiger partial charge in [0.15, 0.2) is 0 Å². The number of nitrogens with zero attached hydrogens (tertiary/aromatic N) is 3. The lowest BCUT2D eigenvalue weighted by Gasteiger charge is -2.56. The van der Waals surface area contributed by atoms with Crippen LogP contribution in [0.4, 0.5) is 0 Å². The van der Waals surface area contributed by atoms with Crippen molar-refractivity contribution >= 4 is 11.8 Å². The Balaban J connectivity index is 1.32. The van der Waals surface area contributed by atoms with E-state index in [1.165, 1.54) is 76.6 Å². The largest absolute Gasteiger partial charge is 0.303 e. The van der Waals surface area contributed by atoms with Crippen molar-refractivity contribution in [3.05, 3.63) is 23.4 Å². The van der Waals surface area contributed by atoms with Crippen LogP contribution in [0.2, 0.25) is 0 Å². The third-order valence-electron chi connectivity index (χ3n) is 7.66. The van der Waals surface area contributed by atoms with Crippen molar-refractivity contribution in [1.82, 2.24) is 9.88 Å². The molecule has 4 saturated carbocycles. The summed E-state index contributed by atoms with van der Waals surface area (Å²) in [6.45, 7) is 3.61. The number of rotatable bonds is 5. The first-order valence-corrected chi connectivity index (χ1v) is 12.0. The predicted molar refractivity (Wildman–Crippen MR) is 110 cm³/mol. The van der Waals surface area contributed by atoms with E-state index in [-0.39, 0.29) is 0 Å². The van der Waals surface area contributed by atoms with Crippen LogP contribution in [0.5, 0.6) is 0 Å². The Morgan fingerprint density at radius 1 is 1.04 bits per heavy atom. The Bertz CT molecular complexity index is 696. The molecule has 144 valence electrons. The maximum Gasteiger partial charge on any atom is 0.114 e. The molecule has 1 aromatic heterocycles. The zero-order valence-corrected chi connectivity index (χ0v) is 17.1. The normalized spacial score (nSPS) is 35.3. The van der Waals surface area contributed by atoms with Gasteiger partial charge in [0.2, 0.25) is 0 Å². The monoisotopic (exact) mass is 381 g/mol. The molecule has 3 nitrogen and oxygen atoms in total. The molecular weight excluding hydrogens is 350 g/mol. The smallest absolute Gasteiger partial charge is 0.114 e. The molecule has 0 aromatic carbocycles. The summed E-state index contributed by atoms with van der Waals surface area (Å²) in [5, 5.41) is 10.6. The summed E-state index contributed by atoms with van der Waals surface area (Å²) in [4.78, 5) is 7.71. The van der Waals surface area contributed by atoms with Crippen molar-refractivity contribution in [2.24, 2.45) is 17.8 Å². The summed E-state index contributed by atoms with van der Waals surface area (Å²) in [7, 11) is 0. The quantitative estimate of drug-likeness (QED) is 0.673. The molecule has 0 spiro atoms. The Labute approximate surface area is 167 Å². The first-order chi connectivity index (χ1) is 13.2. The highest BCUT2D eigenvalue weighted by molar-refractivity contribution is 7.99. The molecule has 0 radical (unpaired) electrons. The fraction of sp³-hybridized carbons (Fsp3) is 0.739. The van der Waals surface area contributed by atoms with Crippen LogP contribution in [0, 0.1) is 29.1 Å². The SMILES string of the molecule is N#Cc1ccc(C23CC4CC(CC(C4)C2)C3)nc1SCCN1CCCCC1. The van der Waals surface area contributed by atoms with Crippen LogP contribution in [0.1, 0.15) is 69.0 Å². The summed E-state index contributed by atoms with van der Waals surface area (Å²) in [5.74, 6) is 3.85. The third kappa shape index (κ3) is 3.54. The second kappa shape index (κ2) is 7.41. The number of nitriles is 1. The second-order valence-electron chi connectivity index (χ2n) is 9.61. The summed E-state index contributed by atoms with van der Waals surface area (Å²) in [6.07, 6.45) is 12.5. The van der Waals surface area contributed by atoms with Gasteiger partial charge >= 0.3 is 0 Å². The second-order valence-corrected chi connectivity index (χ2v) is 10.7. The molecule has 4 aliphatic carbocycles. The standard InChI is InChI=1S/C23H31N3S/c24-16-20-4-5-21(23-13-17-10-18(14-23)12-19(11-17)15-23)25-22(20)27-9-8-26-6-2-1-3-7-26/h4-5,17-19H,1-3,6-15H2. The molecule has 4 bridgehead atoms. The number of hydrogen-bond donors (Lipinski definition) is 0. The number of piperidine rings is 1. The molecule has 5 aliphatic rings. The molecule has 0 unspecified atom stereocenters. The molecule has 2 heterocycles. The van der Waals surface area contributed by atoms with Crippen molar-refractivity contribution in [1.29, 1.82) is 5.26 Å². The highest BCUT2D eigenvalue weighted by Gasteiger charge is 2.52. The molecule has 0 amide bonds. The first kappa shape index (κ1) is 18.0. The van der Waals surface area contributed by atoms with Gasteiger partial charge in [-0.25, -0.2) is 4.98 Å². The Morgan fingerprint density at radius 2 is 1.70 bits per heavy atom. The molecule has 27 heavy (non-hydrogen) atoms. The molecule has 6 rings (SSSR count). The topological polar surface area (TPSA) is 39.9 Å². The van der Waals surface area contributed by atoms with E-state index in [1.54, 1.807) is 0 Å². The lowest BCUT2D eigenvalue weighted by Crippen LogP contribution is -2.49. The molecule has 1 aromatic rings. The summed E-state index contributed by atoms with van der Waals surface area (Å²) in [6, 6.07) is 6.64. The van der Waals surface area contributed by atoms with Crippen molar-refractivity contribution < 1.29 is 0 Å². The maximum absolute atomic E-state index is 9.58. The van der Waals surface area contributed by atoms with E-state index in [2.05, 4.69) is 23.1 Å². The van der Waals surface area contributed by atoms with Gasteiger partial charge in [0.05, 0.1) is 5.56 Å². The van der Waals surface area contributed by atoms with E-state index in [9.17, 15) is 5.26 Å². The Hall–Kier alpha value is -1.05. The molecule has 0 N–H and O–H groups in total. The highest BCUT2D eigenvalue weighted by atomic mass is 32.2. The summed E-state index contributed by atoms with van der Waals surface area (Å²) < 4.78 is 0. The lowest BCUT2D eigenvalue weighted by molar-refractivity contribution is -0.00744.